The third-order valence-electron chi connectivity index (χ3n) is 5.28. The van der Waals surface area contributed by atoms with Gasteiger partial charge < -0.3 is 9.80 Å². The SMILES string of the molecule is CN(Cc1ccc(N(C)C)cc1)C(=O)c1ccc2c(=O)n3c(nc2c1)CCC3. The molecule has 0 unspecified atom stereocenters. The standard InChI is InChI=1S/C22H24N4O2/c1-24(2)17-9-6-15(7-10-17)14-25(3)21(27)16-8-11-18-19(13-16)23-20-5-4-12-26(20)22(18)28/h6-11,13H,4-5,12,14H2,1-3H3. The summed E-state index contributed by atoms with van der Waals surface area (Å²) >= 11 is 0. The van der Waals surface area contributed by atoms with E-state index in [9.17, 15) is 9.59 Å². The van der Waals surface area contributed by atoms with E-state index in [1.54, 1.807) is 34.7 Å². The Morgan fingerprint density at radius 2 is 1.86 bits per heavy atom. The zero-order valence-corrected chi connectivity index (χ0v) is 16.5. The van der Waals surface area contributed by atoms with Crippen molar-refractivity contribution in [3.05, 3.63) is 69.8 Å². The second kappa shape index (κ2) is 7.11. The van der Waals surface area contributed by atoms with Gasteiger partial charge in [-0.1, -0.05) is 12.1 Å². The minimum absolute atomic E-state index is 0.00849. The lowest BCUT2D eigenvalue weighted by atomic mass is 10.1. The Bertz CT molecular complexity index is 1100. The molecule has 4 rings (SSSR count). The van der Waals surface area contributed by atoms with Crippen LogP contribution in [0.25, 0.3) is 10.9 Å². The summed E-state index contributed by atoms with van der Waals surface area (Å²) in [7, 11) is 5.79. The number of anilines is 1. The number of fused-ring (bicyclic) bond motifs is 2. The highest BCUT2D eigenvalue weighted by Crippen LogP contribution is 2.18. The number of amides is 1. The Balaban J connectivity index is 1.57. The van der Waals surface area contributed by atoms with Gasteiger partial charge in [0.15, 0.2) is 0 Å². The molecule has 0 bridgehead atoms. The van der Waals surface area contributed by atoms with E-state index in [-0.39, 0.29) is 11.5 Å². The lowest BCUT2D eigenvalue weighted by molar-refractivity contribution is 0.0785. The molecule has 0 fully saturated rings. The second-order valence-electron chi connectivity index (χ2n) is 7.54. The van der Waals surface area contributed by atoms with Crippen LogP contribution in [0.5, 0.6) is 0 Å². The molecule has 6 nitrogen and oxygen atoms in total. The van der Waals surface area contributed by atoms with Gasteiger partial charge in [0, 0.05) is 51.9 Å². The van der Waals surface area contributed by atoms with E-state index in [1.165, 1.54) is 0 Å². The zero-order valence-electron chi connectivity index (χ0n) is 16.5. The van der Waals surface area contributed by atoms with Gasteiger partial charge in [-0.3, -0.25) is 14.2 Å². The molecule has 0 saturated heterocycles. The Kier molecular flexibility index (Phi) is 4.63. The first-order valence-electron chi connectivity index (χ1n) is 9.49. The minimum atomic E-state index is -0.0824. The highest BCUT2D eigenvalue weighted by atomic mass is 16.2. The first kappa shape index (κ1) is 18.2. The van der Waals surface area contributed by atoms with Gasteiger partial charge in [0.2, 0.25) is 0 Å². The molecule has 0 atom stereocenters. The molecule has 1 aliphatic rings. The molecule has 0 saturated carbocycles. The minimum Gasteiger partial charge on any atom is -0.378 e. The van der Waals surface area contributed by atoms with Crippen LogP contribution in [-0.2, 0) is 19.5 Å². The van der Waals surface area contributed by atoms with E-state index in [4.69, 9.17) is 0 Å². The van der Waals surface area contributed by atoms with Gasteiger partial charge in [0.1, 0.15) is 5.82 Å². The van der Waals surface area contributed by atoms with Crippen molar-refractivity contribution in [2.45, 2.75) is 25.9 Å². The zero-order chi connectivity index (χ0) is 19.8. The molecular weight excluding hydrogens is 352 g/mol. The number of benzene rings is 2. The van der Waals surface area contributed by atoms with Crippen molar-refractivity contribution in [3.8, 4) is 0 Å². The maximum atomic E-state index is 12.9. The number of rotatable bonds is 4. The molecular formula is C22H24N4O2. The third kappa shape index (κ3) is 3.26. The lowest BCUT2D eigenvalue weighted by Gasteiger charge is -2.19. The van der Waals surface area contributed by atoms with Crippen LogP contribution in [0.15, 0.2) is 47.3 Å². The summed E-state index contributed by atoms with van der Waals surface area (Å²) in [6.45, 7) is 1.25. The van der Waals surface area contributed by atoms with Gasteiger partial charge in [-0.05, 0) is 42.3 Å². The number of nitrogens with zero attached hydrogens (tertiary/aromatic N) is 4. The number of carbonyl (C=O) groups is 1. The number of aryl methyl sites for hydroxylation is 1. The molecule has 1 aliphatic heterocycles. The largest absolute Gasteiger partial charge is 0.378 e. The van der Waals surface area contributed by atoms with Crippen LogP contribution < -0.4 is 10.5 Å². The Hall–Kier alpha value is -3.15. The smallest absolute Gasteiger partial charge is 0.261 e. The van der Waals surface area contributed by atoms with Crippen LogP contribution >= 0.6 is 0 Å². The van der Waals surface area contributed by atoms with Crippen LogP contribution in [0, 0.1) is 0 Å². The second-order valence-corrected chi connectivity index (χ2v) is 7.54. The lowest BCUT2D eigenvalue weighted by Crippen LogP contribution is -2.26. The first-order chi connectivity index (χ1) is 13.4. The molecule has 0 radical (unpaired) electrons. The van der Waals surface area contributed by atoms with E-state index in [0.29, 0.717) is 23.0 Å². The predicted molar refractivity (Wildman–Crippen MR) is 111 cm³/mol. The van der Waals surface area contributed by atoms with Crippen LogP contribution in [0.1, 0.15) is 28.2 Å². The van der Waals surface area contributed by atoms with E-state index in [2.05, 4.69) is 4.98 Å². The summed E-state index contributed by atoms with van der Waals surface area (Å²) in [6.07, 6.45) is 1.76. The molecule has 3 aromatic rings. The summed E-state index contributed by atoms with van der Waals surface area (Å²) in [5.41, 5.74) is 3.34. The van der Waals surface area contributed by atoms with Gasteiger partial charge in [-0.25, -0.2) is 4.98 Å². The van der Waals surface area contributed by atoms with Crippen molar-refractivity contribution >= 4 is 22.5 Å². The Morgan fingerprint density at radius 3 is 2.57 bits per heavy atom. The first-order valence-corrected chi connectivity index (χ1v) is 9.49. The van der Waals surface area contributed by atoms with Crippen LogP contribution in [0.2, 0.25) is 0 Å². The van der Waals surface area contributed by atoms with E-state index in [1.807, 2.05) is 43.3 Å². The average molecular weight is 376 g/mol. The highest BCUT2D eigenvalue weighted by Gasteiger charge is 2.18. The molecule has 1 amide bonds. The fourth-order valence-electron chi connectivity index (χ4n) is 3.68. The summed E-state index contributed by atoms with van der Waals surface area (Å²) in [5, 5.41) is 0.573. The molecule has 1 aromatic heterocycles. The van der Waals surface area contributed by atoms with E-state index >= 15 is 0 Å². The van der Waals surface area contributed by atoms with Crippen molar-refractivity contribution in [2.75, 3.05) is 26.0 Å². The number of hydrogen-bond acceptors (Lipinski definition) is 4. The number of aromatic nitrogens is 2. The molecule has 0 spiro atoms. The maximum Gasteiger partial charge on any atom is 0.261 e. The average Bonchev–Trinajstić information content (AvgIpc) is 3.16. The summed E-state index contributed by atoms with van der Waals surface area (Å²) in [4.78, 5) is 33.8. The Morgan fingerprint density at radius 1 is 1.11 bits per heavy atom. The van der Waals surface area contributed by atoms with E-state index in [0.717, 1.165) is 36.5 Å². The molecule has 144 valence electrons. The quantitative estimate of drug-likeness (QED) is 0.702. The summed E-state index contributed by atoms with van der Waals surface area (Å²) < 4.78 is 1.74. The van der Waals surface area contributed by atoms with Crippen LogP contribution in [0.4, 0.5) is 5.69 Å². The van der Waals surface area contributed by atoms with Crippen molar-refractivity contribution in [3.63, 3.8) is 0 Å². The van der Waals surface area contributed by atoms with Gasteiger partial charge in [0.25, 0.3) is 11.5 Å². The fraction of sp³-hybridized carbons (Fsp3) is 0.318. The summed E-state index contributed by atoms with van der Waals surface area (Å²) in [5.74, 6) is 0.734. The topological polar surface area (TPSA) is 58.4 Å². The highest BCUT2D eigenvalue weighted by molar-refractivity contribution is 5.97. The van der Waals surface area contributed by atoms with Gasteiger partial charge in [-0.15, -0.1) is 0 Å². The van der Waals surface area contributed by atoms with Gasteiger partial charge >= 0.3 is 0 Å². The van der Waals surface area contributed by atoms with Crippen molar-refractivity contribution in [2.24, 2.45) is 0 Å². The van der Waals surface area contributed by atoms with Gasteiger partial charge in [-0.2, -0.15) is 0 Å². The maximum absolute atomic E-state index is 12.9. The molecule has 0 aliphatic carbocycles. The normalized spacial score (nSPS) is 12.8. The van der Waals surface area contributed by atoms with Crippen molar-refractivity contribution in [1.29, 1.82) is 0 Å². The molecule has 2 aromatic carbocycles. The third-order valence-corrected chi connectivity index (χ3v) is 5.28. The molecule has 0 N–H and O–H groups in total. The van der Waals surface area contributed by atoms with Crippen LogP contribution in [0.3, 0.4) is 0 Å². The number of carbonyl (C=O) groups excluding carboxylic acids is 1. The number of hydrogen-bond donors (Lipinski definition) is 0. The summed E-state index contributed by atoms with van der Waals surface area (Å²) in [6, 6.07) is 13.3. The van der Waals surface area contributed by atoms with Crippen LogP contribution in [-0.4, -0.2) is 41.5 Å². The molecule has 2 heterocycles. The van der Waals surface area contributed by atoms with E-state index < -0.39 is 0 Å². The van der Waals surface area contributed by atoms with Crippen molar-refractivity contribution in [1.82, 2.24) is 14.5 Å². The Labute approximate surface area is 164 Å². The van der Waals surface area contributed by atoms with Gasteiger partial charge in [0.05, 0.1) is 10.9 Å². The van der Waals surface area contributed by atoms with Crippen molar-refractivity contribution < 1.29 is 4.79 Å². The molecule has 6 heteroatoms. The predicted octanol–water partition coefficient (Wildman–Crippen LogP) is 2.68. The fourth-order valence-corrected chi connectivity index (χ4v) is 3.68. The monoisotopic (exact) mass is 376 g/mol. The molecule has 28 heavy (non-hydrogen) atoms.